The summed E-state index contributed by atoms with van der Waals surface area (Å²) >= 11 is 1.66. The first kappa shape index (κ1) is 12.8. The molecule has 0 saturated heterocycles. The molecule has 0 fully saturated rings. The van der Waals surface area contributed by atoms with Gasteiger partial charge < -0.3 is 9.84 Å². The molecule has 1 amide bonds. The first-order valence-electron chi connectivity index (χ1n) is 5.77. The van der Waals surface area contributed by atoms with Crippen molar-refractivity contribution in [2.24, 2.45) is 0 Å². The second kappa shape index (κ2) is 5.77. The van der Waals surface area contributed by atoms with Crippen molar-refractivity contribution in [3.63, 3.8) is 0 Å². The van der Waals surface area contributed by atoms with Crippen LogP contribution in [0.25, 0.3) is 0 Å². The minimum absolute atomic E-state index is 0.130. The summed E-state index contributed by atoms with van der Waals surface area (Å²) in [6.07, 6.45) is 3.29. The van der Waals surface area contributed by atoms with E-state index in [2.05, 4.69) is 15.5 Å². The molecule has 0 aliphatic rings. The fourth-order valence-electron chi connectivity index (χ4n) is 1.63. The fraction of sp³-hybridized carbons (Fsp3) is 0.417. The third-order valence-electron chi connectivity index (χ3n) is 2.71. The van der Waals surface area contributed by atoms with E-state index in [-0.39, 0.29) is 5.91 Å². The molecule has 0 aliphatic carbocycles. The molecule has 2 rings (SSSR count). The van der Waals surface area contributed by atoms with Gasteiger partial charge in [-0.15, -0.1) is 11.3 Å². The highest BCUT2D eigenvalue weighted by Gasteiger charge is 2.11. The third-order valence-corrected chi connectivity index (χ3v) is 3.70. The van der Waals surface area contributed by atoms with Gasteiger partial charge in [0.1, 0.15) is 11.3 Å². The quantitative estimate of drug-likeness (QED) is 0.841. The van der Waals surface area contributed by atoms with Crippen LogP contribution >= 0.6 is 11.3 Å². The van der Waals surface area contributed by atoms with E-state index in [1.807, 2.05) is 12.4 Å². The maximum atomic E-state index is 11.7. The number of nitrogens with one attached hydrogen (secondary N) is 1. The van der Waals surface area contributed by atoms with Crippen LogP contribution in [0.15, 0.2) is 16.2 Å². The van der Waals surface area contributed by atoms with Crippen molar-refractivity contribution in [3.05, 3.63) is 33.6 Å². The lowest BCUT2D eigenvalue weighted by Gasteiger charge is -2.03. The number of hydrogen-bond acceptors (Lipinski definition) is 5. The highest BCUT2D eigenvalue weighted by atomic mass is 32.1. The average Bonchev–Trinajstić information content (AvgIpc) is 2.94. The largest absolute Gasteiger partial charge is 0.361 e. The Labute approximate surface area is 109 Å². The molecular weight excluding hydrogens is 250 g/mol. The van der Waals surface area contributed by atoms with E-state index in [9.17, 15) is 4.79 Å². The molecule has 0 unspecified atom stereocenters. The molecule has 0 atom stereocenters. The molecule has 0 spiro atoms. The zero-order valence-electron chi connectivity index (χ0n) is 10.4. The molecule has 0 saturated carbocycles. The molecule has 18 heavy (non-hydrogen) atoms. The molecule has 96 valence electrons. The van der Waals surface area contributed by atoms with Crippen LogP contribution in [-0.4, -0.2) is 22.6 Å². The van der Waals surface area contributed by atoms with Crippen LogP contribution in [0.3, 0.4) is 0 Å². The molecule has 0 bridgehead atoms. The number of amides is 1. The lowest BCUT2D eigenvalue weighted by molar-refractivity contribution is 0.0951. The van der Waals surface area contributed by atoms with Crippen LogP contribution < -0.4 is 5.32 Å². The monoisotopic (exact) mass is 265 g/mol. The first-order chi connectivity index (χ1) is 8.68. The highest BCUT2D eigenvalue weighted by Crippen LogP contribution is 2.13. The van der Waals surface area contributed by atoms with Crippen molar-refractivity contribution < 1.29 is 9.32 Å². The predicted molar refractivity (Wildman–Crippen MR) is 68.7 cm³/mol. The van der Waals surface area contributed by atoms with Crippen LogP contribution in [0.2, 0.25) is 0 Å². The van der Waals surface area contributed by atoms with E-state index >= 15 is 0 Å². The number of thiazole rings is 1. The van der Waals surface area contributed by atoms with Crippen LogP contribution in [0, 0.1) is 13.8 Å². The summed E-state index contributed by atoms with van der Waals surface area (Å²) in [5, 5.41) is 6.43. The number of rotatable bonds is 5. The number of aromatic nitrogens is 2. The van der Waals surface area contributed by atoms with Crippen LogP contribution in [-0.2, 0) is 6.42 Å². The second-order valence-corrected chi connectivity index (χ2v) is 4.96. The number of carbonyl (C=O) groups is 1. The van der Waals surface area contributed by atoms with E-state index in [4.69, 9.17) is 4.52 Å². The fourth-order valence-corrected chi connectivity index (χ4v) is 2.45. The minimum Gasteiger partial charge on any atom is -0.361 e. The molecule has 0 aliphatic heterocycles. The summed E-state index contributed by atoms with van der Waals surface area (Å²) in [5.41, 5.74) is 3.44. The van der Waals surface area contributed by atoms with Gasteiger partial charge in [-0.05, 0) is 26.7 Å². The van der Waals surface area contributed by atoms with Gasteiger partial charge in [0.05, 0.1) is 17.4 Å². The van der Waals surface area contributed by atoms with E-state index in [0.717, 1.165) is 18.5 Å². The maximum absolute atomic E-state index is 11.7. The van der Waals surface area contributed by atoms with Gasteiger partial charge >= 0.3 is 0 Å². The van der Waals surface area contributed by atoms with E-state index in [0.29, 0.717) is 17.9 Å². The summed E-state index contributed by atoms with van der Waals surface area (Å²) < 4.78 is 4.85. The summed E-state index contributed by atoms with van der Waals surface area (Å²) in [7, 11) is 0. The van der Waals surface area contributed by atoms with Gasteiger partial charge in [0.25, 0.3) is 5.91 Å². The van der Waals surface area contributed by atoms with Crippen molar-refractivity contribution in [2.45, 2.75) is 26.7 Å². The minimum atomic E-state index is -0.130. The Kier molecular flexibility index (Phi) is 4.09. The van der Waals surface area contributed by atoms with Crippen LogP contribution in [0.5, 0.6) is 0 Å². The highest BCUT2D eigenvalue weighted by molar-refractivity contribution is 7.09. The van der Waals surface area contributed by atoms with Crippen molar-refractivity contribution in [2.75, 3.05) is 6.54 Å². The normalized spacial score (nSPS) is 10.6. The molecule has 0 aromatic carbocycles. The Morgan fingerprint density at radius 3 is 2.94 bits per heavy atom. The average molecular weight is 265 g/mol. The van der Waals surface area contributed by atoms with E-state index < -0.39 is 0 Å². The van der Waals surface area contributed by atoms with Crippen LogP contribution in [0.1, 0.15) is 33.1 Å². The van der Waals surface area contributed by atoms with Crippen molar-refractivity contribution >= 4 is 17.2 Å². The Morgan fingerprint density at radius 2 is 2.33 bits per heavy atom. The SMILES string of the molecule is Cc1ncsc1CCCNC(=O)c1cnoc1C. The molecule has 2 heterocycles. The molecule has 2 aromatic heterocycles. The number of carbonyl (C=O) groups excluding carboxylic acids is 1. The van der Waals surface area contributed by atoms with Gasteiger partial charge in [-0.2, -0.15) is 0 Å². The standard InChI is InChI=1S/C12H15N3O2S/c1-8-11(18-7-14-8)4-3-5-13-12(16)10-6-15-17-9(10)2/h6-7H,3-5H2,1-2H3,(H,13,16). The zero-order valence-corrected chi connectivity index (χ0v) is 11.2. The molecule has 5 nitrogen and oxygen atoms in total. The molecule has 1 N–H and O–H groups in total. The van der Waals surface area contributed by atoms with Gasteiger partial charge in [0.15, 0.2) is 0 Å². The Morgan fingerprint density at radius 1 is 1.50 bits per heavy atom. The topological polar surface area (TPSA) is 68.0 Å². The number of nitrogens with zero attached hydrogens (tertiary/aromatic N) is 2. The summed E-state index contributed by atoms with van der Waals surface area (Å²) in [6, 6.07) is 0. The van der Waals surface area contributed by atoms with Gasteiger partial charge in [-0.3, -0.25) is 4.79 Å². The summed E-state index contributed by atoms with van der Waals surface area (Å²) in [6.45, 7) is 4.37. The lowest BCUT2D eigenvalue weighted by atomic mass is 10.2. The molecule has 2 aromatic rings. The smallest absolute Gasteiger partial charge is 0.256 e. The van der Waals surface area contributed by atoms with Gasteiger partial charge in [-0.25, -0.2) is 4.98 Å². The molecule has 6 heteroatoms. The third kappa shape index (κ3) is 2.95. The summed E-state index contributed by atoms with van der Waals surface area (Å²) in [4.78, 5) is 17.2. The molecule has 0 radical (unpaired) electrons. The second-order valence-electron chi connectivity index (χ2n) is 4.02. The van der Waals surface area contributed by atoms with E-state index in [1.54, 1.807) is 18.3 Å². The number of aryl methyl sites for hydroxylation is 3. The van der Waals surface area contributed by atoms with Crippen molar-refractivity contribution in [3.8, 4) is 0 Å². The molecular formula is C12H15N3O2S. The lowest BCUT2D eigenvalue weighted by Crippen LogP contribution is -2.24. The first-order valence-corrected chi connectivity index (χ1v) is 6.65. The van der Waals surface area contributed by atoms with Gasteiger partial charge in [0.2, 0.25) is 0 Å². The van der Waals surface area contributed by atoms with Gasteiger partial charge in [-0.1, -0.05) is 5.16 Å². The zero-order chi connectivity index (χ0) is 13.0. The van der Waals surface area contributed by atoms with Gasteiger partial charge in [0, 0.05) is 11.4 Å². The van der Waals surface area contributed by atoms with Crippen LogP contribution in [0.4, 0.5) is 0 Å². The van der Waals surface area contributed by atoms with Crippen molar-refractivity contribution in [1.29, 1.82) is 0 Å². The predicted octanol–water partition coefficient (Wildman–Crippen LogP) is 2.11. The van der Waals surface area contributed by atoms with E-state index in [1.165, 1.54) is 11.1 Å². The Bertz CT molecular complexity index is 533. The maximum Gasteiger partial charge on any atom is 0.256 e. The summed E-state index contributed by atoms with van der Waals surface area (Å²) in [5.74, 6) is 0.417. The Balaban J connectivity index is 1.75. The van der Waals surface area contributed by atoms with Crippen molar-refractivity contribution in [1.82, 2.24) is 15.5 Å². The Hall–Kier alpha value is -1.69. The number of hydrogen-bond donors (Lipinski definition) is 1.